The summed E-state index contributed by atoms with van der Waals surface area (Å²) in [5, 5.41) is 0. The predicted octanol–water partition coefficient (Wildman–Crippen LogP) is 3.38. The van der Waals surface area contributed by atoms with Crippen LogP contribution in [0.15, 0.2) is 17.4 Å². The monoisotopic (exact) mass is 236 g/mol. The molecule has 0 saturated carbocycles. The third-order valence-corrected chi connectivity index (χ3v) is 1.49. The van der Waals surface area contributed by atoms with Crippen molar-refractivity contribution in [3.63, 3.8) is 0 Å². The molecule has 2 nitrogen and oxygen atoms in total. The van der Waals surface area contributed by atoms with Gasteiger partial charge in [0.05, 0.1) is 6.61 Å². The lowest BCUT2D eigenvalue weighted by Gasteiger charge is -2.06. The molecule has 0 N–H and O–H groups in total. The van der Waals surface area contributed by atoms with Crippen molar-refractivity contribution in [1.29, 1.82) is 0 Å². The number of ether oxygens (including phenoxy) is 1. The van der Waals surface area contributed by atoms with Crippen LogP contribution in [0.3, 0.4) is 0 Å². The van der Waals surface area contributed by atoms with Gasteiger partial charge in [0.25, 0.3) is 0 Å². The first-order valence-electron chi connectivity index (χ1n) is 4.92. The minimum absolute atomic E-state index is 0.00978. The van der Waals surface area contributed by atoms with Gasteiger partial charge >= 0.3 is 12.1 Å². The average Bonchev–Trinajstić information content (AvgIpc) is 2.07. The minimum atomic E-state index is -4.49. The molecule has 0 aromatic rings. The van der Waals surface area contributed by atoms with Crippen molar-refractivity contribution in [2.45, 2.75) is 39.3 Å². The maximum absolute atomic E-state index is 11.7. The molecule has 0 aliphatic rings. The molecule has 0 amide bonds. The molecule has 0 aliphatic carbocycles. The van der Waals surface area contributed by atoms with Gasteiger partial charge in [-0.05, 0) is 38.3 Å². The van der Waals surface area contributed by atoms with Crippen LogP contribution >= 0.6 is 0 Å². The SMILES string of the molecule is CC(C)=C=CCCCOC(=O)CC(F)(F)F. The van der Waals surface area contributed by atoms with Crippen LogP contribution in [0, 0.1) is 0 Å². The van der Waals surface area contributed by atoms with Gasteiger partial charge in [0.1, 0.15) is 6.42 Å². The molecule has 0 atom stereocenters. The number of halogens is 3. The van der Waals surface area contributed by atoms with Crippen molar-refractivity contribution in [2.75, 3.05) is 6.61 Å². The summed E-state index contributed by atoms with van der Waals surface area (Å²) in [7, 11) is 0. The van der Waals surface area contributed by atoms with E-state index < -0.39 is 18.6 Å². The molecular formula is C11H15F3O2. The summed E-state index contributed by atoms with van der Waals surface area (Å²) >= 11 is 0. The molecule has 0 aromatic heterocycles. The zero-order valence-electron chi connectivity index (χ0n) is 9.36. The highest BCUT2D eigenvalue weighted by molar-refractivity contribution is 5.70. The quantitative estimate of drug-likeness (QED) is 0.415. The molecule has 0 fully saturated rings. The van der Waals surface area contributed by atoms with E-state index in [-0.39, 0.29) is 6.61 Å². The van der Waals surface area contributed by atoms with Crippen LogP contribution in [0.25, 0.3) is 0 Å². The summed E-state index contributed by atoms with van der Waals surface area (Å²) in [5.74, 6) is -1.22. The van der Waals surface area contributed by atoms with Crippen molar-refractivity contribution in [3.05, 3.63) is 17.4 Å². The van der Waals surface area contributed by atoms with E-state index in [1.807, 2.05) is 13.8 Å². The fourth-order valence-corrected chi connectivity index (χ4v) is 0.862. The lowest BCUT2D eigenvalue weighted by atomic mass is 10.3. The molecule has 0 rings (SSSR count). The molecule has 0 saturated heterocycles. The predicted molar refractivity (Wildman–Crippen MR) is 53.8 cm³/mol. The van der Waals surface area contributed by atoms with Crippen LogP contribution in [0.2, 0.25) is 0 Å². The zero-order valence-corrected chi connectivity index (χ0v) is 9.36. The van der Waals surface area contributed by atoms with Gasteiger partial charge in [0, 0.05) is 0 Å². The lowest BCUT2D eigenvalue weighted by molar-refractivity contribution is -0.171. The van der Waals surface area contributed by atoms with Crippen molar-refractivity contribution >= 4 is 5.97 Å². The zero-order chi connectivity index (χ0) is 12.6. The van der Waals surface area contributed by atoms with Gasteiger partial charge in [-0.1, -0.05) is 0 Å². The Morgan fingerprint density at radius 1 is 1.38 bits per heavy atom. The molecule has 0 heterocycles. The standard InChI is InChI=1S/C11H15F3O2/c1-9(2)6-4-3-5-7-16-10(15)8-11(12,13)14/h4H,3,5,7-8H2,1-2H3. The molecule has 16 heavy (non-hydrogen) atoms. The lowest BCUT2D eigenvalue weighted by Crippen LogP contribution is -2.17. The molecule has 0 spiro atoms. The number of allylic oxidation sites excluding steroid dienone is 1. The van der Waals surface area contributed by atoms with Gasteiger partial charge in [-0.15, -0.1) is 5.73 Å². The molecule has 0 aliphatic heterocycles. The largest absolute Gasteiger partial charge is 0.465 e. The Hall–Kier alpha value is -1.22. The highest BCUT2D eigenvalue weighted by Gasteiger charge is 2.31. The number of rotatable bonds is 5. The number of carbonyl (C=O) groups excluding carboxylic acids is 1. The van der Waals surface area contributed by atoms with E-state index in [0.717, 1.165) is 5.57 Å². The second kappa shape index (κ2) is 7.12. The van der Waals surface area contributed by atoms with E-state index in [1.165, 1.54) is 0 Å². The molecular weight excluding hydrogens is 221 g/mol. The average molecular weight is 236 g/mol. The molecule has 5 heteroatoms. The van der Waals surface area contributed by atoms with Gasteiger partial charge in [-0.2, -0.15) is 13.2 Å². The summed E-state index contributed by atoms with van der Waals surface area (Å²) in [6.45, 7) is 3.79. The molecule has 0 radical (unpaired) electrons. The summed E-state index contributed by atoms with van der Waals surface area (Å²) < 4.78 is 39.5. The number of hydrogen-bond donors (Lipinski definition) is 0. The van der Waals surface area contributed by atoms with Crippen LogP contribution in [-0.4, -0.2) is 18.8 Å². The maximum atomic E-state index is 11.7. The van der Waals surface area contributed by atoms with Crippen molar-refractivity contribution < 1.29 is 22.7 Å². The Labute approximate surface area is 92.8 Å². The molecule has 0 aromatic carbocycles. The van der Waals surface area contributed by atoms with Gasteiger partial charge < -0.3 is 4.74 Å². The van der Waals surface area contributed by atoms with Crippen LogP contribution in [-0.2, 0) is 9.53 Å². The molecule has 0 unspecified atom stereocenters. The first-order valence-corrected chi connectivity index (χ1v) is 4.92. The number of carbonyl (C=O) groups is 1. The van der Waals surface area contributed by atoms with E-state index >= 15 is 0 Å². The number of hydrogen-bond acceptors (Lipinski definition) is 2. The molecule has 92 valence electrons. The van der Waals surface area contributed by atoms with Crippen molar-refractivity contribution in [3.8, 4) is 0 Å². The normalized spacial score (nSPS) is 10.6. The number of esters is 1. The fraction of sp³-hybridized carbons (Fsp3) is 0.636. The fourth-order valence-electron chi connectivity index (χ4n) is 0.862. The summed E-state index contributed by atoms with van der Waals surface area (Å²) in [5.41, 5.74) is 3.97. The molecule has 0 bridgehead atoms. The van der Waals surface area contributed by atoms with Crippen LogP contribution in [0.5, 0.6) is 0 Å². The minimum Gasteiger partial charge on any atom is -0.465 e. The summed E-state index contributed by atoms with van der Waals surface area (Å²) in [4.78, 5) is 10.6. The van der Waals surface area contributed by atoms with Gasteiger partial charge in [-0.3, -0.25) is 4.79 Å². The Morgan fingerprint density at radius 3 is 2.50 bits per heavy atom. The van der Waals surface area contributed by atoms with Gasteiger partial charge in [0.15, 0.2) is 0 Å². The van der Waals surface area contributed by atoms with Crippen LogP contribution in [0.4, 0.5) is 13.2 Å². The summed E-state index contributed by atoms with van der Waals surface area (Å²) in [6.07, 6.45) is -3.10. The second-order valence-corrected chi connectivity index (χ2v) is 3.50. The Morgan fingerprint density at radius 2 is 2.00 bits per heavy atom. The van der Waals surface area contributed by atoms with E-state index in [4.69, 9.17) is 0 Å². The maximum Gasteiger partial charge on any atom is 0.399 e. The highest BCUT2D eigenvalue weighted by atomic mass is 19.4. The highest BCUT2D eigenvalue weighted by Crippen LogP contribution is 2.19. The van der Waals surface area contributed by atoms with E-state index in [9.17, 15) is 18.0 Å². The van der Waals surface area contributed by atoms with E-state index in [1.54, 1.807) is 6.08 Å². The van der Waals surface area contributed by atoms with Crippen LogP contribution in [0.1, 0.15) is 33.1 Å². The number of alkyl halides is 3. The van der Waals surface area contributed by atoms with E-state index in [0.29, 0.717) is 12.8 Å². The second-order valence-electron chi connectivity index (χ2n) is 3.50. The third-order valence-electron chi connectivity index (χ3n) is 1.49. The van der Waals surface area contributed by atoms with E-state index in [2.05, 4.69) is 10.5 Å². The topological polar surface area (TPSA) is 26.3 Å². The third kappa shape index (κ3) is 10.9. The summed E-state index contributed by atoms with van der Waals surface area (Å²) in [6, 6.07) is 0. The van der Waals surface area contributed by atoms with Crippen molar-refractivity contribution in [2.24, 2.45) is 0 Å². The Bertz CT molecular complexity index is 282. The first-order chi connectivity index (χ1) is 7.31. The van der Waals surface area contributed by atoms with Gasteiger partial charge in [-0.25, -0.2) is 0 Å². The van der Waals surface area contributed by atoms with Gasteiger partial charge in [0.2, 0.25) is 0 Å². The van der Waals surface area contributed by atoms with Crippen LogP contribution < -0.4 is 0 Å². The smallest absolute Gasteiger partial charge is 0.399 e. The van der Waals surface area contributed by atoms with Crippen molar-refractivity contribution in [1.82, 2.24) is 0 Å². The Balaban J connectivity index is 3.61. The Kier molecular flexibility index (Phi) is 6.58. The number of unbranched alkanes of at least 4 members (excludes halogenated alkanes) is 1. The first kappa shape index (κ1) is 14.8.